The average Bonchev–Trinajstić information content (AvgIpc) is 3.30. The van der Waals surface area contributed by atoms with Crippen molar-refractivity contribution in [1.29, 1.82) is 0 Å². The molecular formula is C19H18ClNO3. The zero-order chi connectivity index (χ0) is 17.2. The first kappa shape index (κ1) is 16.5. The van der Waals surface area contributed by atoms with Crippen molar-refractivity contribution in [3.05, 3.63) is 64.7 Å². The van der Waals surface area contributed by atoms with Crippen molar-refractivity contribution in [3.63, 3.8) is 0 Å². The van der Waals surface area contributed by atoms with Gasteiger partial charge in [-0.3, -0.25) is 9.59 Å². The monoisotopic (exact) mass is 343 g/mol. The summed E-state index contributed by atoms with van der Waals surface area (Å²) >= 11 is 6.20. The lowest BCUT2D eigenvalue weighted by molar-refractivity contribution is -0.136. The van der Waals surface area contributed by atoms with E-state index >= 15 is 0 Å². The first-order valence-corrected chi connectivity index (χ1v) is 8.22. The van der Waals surface area contributed by atoms with Crippen LogP contribution >= 0.6 is 11.6 Å². The van der Waals surface area contributed by atoms with Crippen LogP contribution in [0.15, 0.2) is 48.5 Å². The van der Waals surface area contributed by atoms with Gasteiger partial charge in [-0.25, -0.2) is 0 Å². The summed E-state index contributed by atoms with van der Waals surface area (Å²) in [6.07, 6.45) is 2.22. The molecule has 2 aromatic carbocycles. The summed E-state index contributed by atoms with van der Waals surface area (Å²) in [5.41, 5.74) is 1.86. The normalized spacial score (nSPS) is 14.9. The molecule has 2 N–H and O–H groups in total. The van der Waals surface area contributed by atoms with E-state index in [1.54, 1.807) is 24.3 Å². The van der Waals surface area contributed by atoms with Crippen molar-refractivity contribution in [3.8, 4) is 0 Å². The maximum Gasteiger partial charge on any atom is 0.307 e. The van der Waals surface area contributed by atoms with Crippen LogP contribution in [0.3, 0.4) is 0 Å². The summed E-state index contributed by atoms with van der Waals surface area (Å²) in [5.74, 6) is -0.925. The van der Waals surface area contributed by atoms with Crippen LogP contribution in [0.5, 0.6) is 0 Å². The van der Waals surface area contributed by atoms with Crippen molar-refractivity contribution >= 4 is 29.2 Å². The van der Waals surface area contributed by atoms with Gasteiger partial charge in [0, 0.05) is 10.7 Å². The molecule has 0 saturated heterocycles. The van der Waals surface area contributed by atoms with Gasteiger partial charge in [0.05, 0.1) is 11.8 Å². The predicted molar refractivity (Wildman–Crippen MR) is 93.2 cm³/mol. The Morgan fingerprint density at radius 3 is 2.54 bits per heavy atom. The van der Waals surface area contributed by atoms with Crippen LogP contribution in [0.4, 0.5) is 5.69 Å². The number of anilines is 1. The second-order valence-electron chi connectivity index (χ2n) is 6.27. The highest BCUT2D eigenvalue weighted by Crippen LogP contribution is 2.50. The Labute approximate surface area is 145 Å². The number of aliphatic carboxylic acids is 1. The molecule has 0 atom stereocenters. The van der Waals surface area contributed by atoms with Crippen LogP contribution in [0, 0.1) is 5.41 Å². The minimum atomic E-state index is -0.893. The number of carbonyl (C=O) groups is 2. The van der Waals surface area contributed by atoms with Crippen LogP contribution < -0.4 is 5.32 Å². The second kappa shape index (κ2) is 6.65. The molecule has 4 nitrogen and oxygen atoms in total. The van der Waals surface area contributed by atoms with Crippen LogP contribution in [-0.2, 0) is 22.4 Å². The first-order chi connectivity index (χ1) is 11.5. The van der Waals surface area contributed by atoms with E-state index in [0.717, 1.165) is 18.4 Å². The summed E-state index contributed by atoms with van der Waals surface area (Å²) in [7, 11) is 0. The number of halogens is 1. The molecular weight excluding hydrogens is 326 g/mol. The molecule has 1 aliphatic carbocycles. The third-order valence-corrected chi connectivity index (χ3v) is 4.73. The lowest BCUT2D eigenvalue weighted by Crippen LogP contribution is -2.26. The molecule has 0 bridgehead atoms. The summed E-state index contributed by atoms with van der Waals surface area (Å²) in [4.78, 5) is 23.5. The maximum absolute atomic E-state index is 12.7. The summed E-state index contributed by atoms with van der Waals surface area (Å²) in [6, 6.07) is 14.5. The molecule has 0 aromatic heterocycles. The first-order valence-electron chi connectivity index (χ1n) is 7.84. The van der Waals surface area contributed by atoms with Gasteiger partial charge in [-0.2, -0.15) is 0 Å². The Kier molecular flexibility index (Phi) is 4.58. The quantitative estimate of drug-likeness (QED) is 0.835. The van der Waals surface area contributed by atoms with Crippen molar-refractivity contribution in [2.75, 3.05) is 5.32 Å². The maximum atomic E-state index is 12.7. The molecule has 3 rings (SSSR count). The van der Waals surface area contributed by atoms with E-state index in [0.29, 0.717) is 22.7 Å². The Bertz CT molecular complexity index is 784. The highest BCUT2D eigenvalue weighted by Gasteiger charge is 2.49. The summed E-state index contributed by atoms with van der Waals surface area (Å²) < 4.78 is 0. The van der Waals surface area contributed by atoms with Gasteiger partial charge in [-0.1, -0.05) is 41.9 Å². The van der Waals surface area contributed by atoms with Gasteiger partial charge in [0.25, 0.3) is 0 Å². The molecule has 0 spiro atoms. The molecule has 0 heterocycles. The predicted octanol–water partition coefficient (Wildman–Crippen LogP) is 3.93. The van der Waals surface area contributed by atoms with Gasteiger partial charge in [0.2, 0.25) is 5.91 Å². The van der Waals surface area contributed by atoms with E-state index in [1.165, 1.54) is 0 Å². The van der Waals surface area contributed by atoms with Gasteiger partial charge >= 0.3 is 5.97 Å². The van der Waals surface area contributed by atoms with E-state index in [4.69, 9.17) is 16.7 Å². The SMILES string of the molecule is O=C(O)Cc1cccc(NC(=O)C2(Cc3ccccc3Cl)CC2)c1. The van der Waals surface area contributed by atoms with Gasteiger partial charge < -0.3 is 10.4 Å². The van der Waals surface area contributed by atoms with Crippen molar-refractivity contribution in [1.82, 2.24) is 0 Å². The van der Waals surface area contributed by atoms with E-state index < -0.39 is 11.4 Å². The summed E-state index contributed by atoms with van der Waals surface area (Å²) in [6.45, 7) is 0. The molecule has 2 aromatic rings. The highest BCUT2D eigenvalue weighted by atomic mass is 35.5. The number of carboxylic acid groups (broad SMARTS) is 1. The third-order valence-electron chi connectivity index (χ3n) is 4.36. The average molecular weight is 344 g/mol. The molecule has 1 aliphatic rings. The van der Waals surface area contributed by atoms with Gasteiger partial charge in [0.15, 0.2) is 0 Å². The third kappa shape index (κ3) is 3.77. The van der Waals surface area contributed by atoms with Crippen LogP contribution in [-0.4, -0.2) is 17.0 Å². The van der Waals surface area contributed by atoms with Crippen molar-refractivity contribution < 1.29 is 14.7 Å². The van der Waals surface area contributed by atoms with Crippen LogP contribution in [0.1, 0.15) is 24.0 Å². The lowest BCUT2D eigenvalue weighted by atomic mass is 9.95. The number of benzene rings is 2. The number of rotatable bonds is 6. The fourth-order valence-corrected chi connectivity index (χ4v) is 3.04. The molecule has 1 fully saturated rings. The molecule has 5 heteroatoms. The lowest BCUT2D eigenvalue weighted by Gasteiger charge is -2.16. The van der Waals surface area contributed by atoms with E-state index in [1.807, 2.05) is 24.3 Å². The number of hydrogen-bond acceptors (Lipinski definition) is 2. The molecule has 1 amide bonds. The topological polar surface area (TPSA) is 66.4 Å². The van der Waals surface area contributed by atoms with Gasteiger partial charge in [-0.05, 0) is 48.6 Å². The van der Waals surface area contributed by atoms with Gasteiger partial charge in [-0.15, -0.1) is 0 Å². The Hall–Kier alpha value is -2.33. The van der Waals surface area contributed by atoms with E-state index in [9.17, 15) is 9.59 Å². The largest absolute Gasteiger partial charge is 0.481 e. The number of carbonyl (C=O) groups excluding carboxylic acids is 1. The zero-order valence-electron chi connectivity index (χ0n) is 13.1. The number of hydrogen-bond donors (Lipinski definition) is 2. The fraction of sp³-hybridized carbons (Fsp3) is 0.263. The molecule has 24 heavy (non-hydrogen) atoms. The number of nitrogens with one attached hydrogen (secondary N) is 1. The van der Waals surface area contributed by atoms with Crippen molar-refractivity contribution in [2.24, 2.45) is 5.41 Å². The molecule has 0 aliphatic heterocycles. The molecule has 0 radical (unpaired) electrons. The number of amides is 1. The second-order valence-corrected chi connectivity index (χ2v) is 6.68. The summed E-state index contributed by atoms with van der Waals surface area (Å²) in [5, 5.41) is 12.5. The molecule has 124 valence electrons. The number of carboxylic acids is 1. The minimum Gasteiger partial charge on any atom is -0.481 e. The minimum absolute atomic E-state index is 0.0325. The standard InChI is InChI=1S/C19H18ClNO3/c20-16-7-2-1-5-14(16)12-19(8-9-19)18(24)21-15-6-3-4-13(10-15)11-17(22)23/h1-7,10H,8-9,11-12H2,(H,21,24)(H,22,23). The van der Waals surface area contributed by atoms with E-state index in [-0.39, 0.29) is 12.3 Å². The highest BCUT2D eigenvalue weighted by molar-refractivity contribution is 6.31. The van der Waals surface area contributed by atoms with Crippen LogP contribution in [0.2, 0.25) is 5.02 Å². The Morgan fingerprint density at radius 2 is 1.88 bits per heavy atom. The zero-order valence-corrected chi connectivity index (χ0v) is 13.8. The van der Waals surface area contributed by atoms with Crippen LogP contribution in [0.25, 0.3) is 0 Å². The van der Waals surface area contributed by atoms with E-state index in [2.05, 4.69) is 5.32 Å². The Balaban J connectivity index is 1.71. The molecule has 1 saturated carbocycles. The smallest absolute Gasteiger partial charge is 0.307 e. The molecule has 0 unspecified atom stereocenters. The fourth-order valence-electron chi connectivity index (χ4n) is 2.84. The van der Waals surface area contributed by atoms with Gasteiger partial charge in [0.1, 0.15) is 0 Å². The van der Waals surface area contributed by atoms with Crippen molar-refractivity contribution in [2.45, 2.75) is 25.7 Å². The Morgan fingerprint density at radius 1 is 1.12 bits per heavy atom.